The van der Waals surface area contributed by atoms with E-state index in [0.717, 1.165) is 54.0 Å². The van der Waals surface area contributed by atoms with Gasteiger partial charge in [0.25, 0.3) is 5.56 Å². The minimum Gasteiger partial charge on any atom is -0.368 e. The number of fused-ring (bicyclic) bond motifs is 1. The number of halogens is 1. The highest BCUT2D eigenvalue weighted by molar-refractivity contribution is 6.33. The lowest BCUT2D eigenvalue weighted by Gasteiger charge is -2.29. The monoisotopic (exact) mass is 446 g/mol. The van der Waals surface area contributed by atoms with Crippen molar-refractivity contribution in [3.05, 3.63) is 76.4 Å². The molecule has 2 N–H and O–H groups in total. The number of pyridine rings is 3. The fourth-order valence-corrected chi connectivity index (χ4v) is 4.28. The number of aryl methyl sites for hydroxylation is 1. The Hall–Kier alpha value is -3.42. The van der Waals surface area contributed by atoms with E-state index in [1.54, 1.807) is 30.1 Å². The zero-order valence-electron chi connectivity index (χ0n) is 17.7. The Kier molecular flexibility index (Phi) is 5.51. The summed E-state index contributed by atoms with van der Waals surface area (Å²) in [6, 6.07) is 13.2. The second-order valence-corrected chi connectivity index (χ2v) is 8.23. The molecule has 8 heteroatoms. The van der Waals surface area contributed by atoms with Gasteiger partial charge in [-0.15, -0.1) is 0 Å². The highest BCUT2D eigenvalue weighted by Gasteiger charge is 2.14. The zero-order valence-corrected chi connectivity index (χ0v) is 18.4. The van der Waals surface area contributed by atoms with Crippen LogP contribution in [0, 0.1) is 0 Å². The Morgan fingerprint density at radius 2 is 1.84 bits per heavy atom. The smallest absolute Gasteiger partial charge is 0.258 e. The quantitative estimate of drug-likeness (QED) is 0.496. The van der Waals surface area contributed by atoms with Crippen molar-refractivity contribution in [3.8, 4) is 11.1 Å². The molecule has 0 amide bonds. The highest BCUT2D eigenvalue weighted by atomic mass is 35.5. The summed E-state index contributed by atoms with van der Waals surface area (Å²) in [4.78, 5) is 24.3. The van der Waals surface area contributed by atoms with Gasteiger partial charge in [0, 0.05) is 67.0 Å². The van der Waals surface area contributed by atoms with Crippen molar-refractivity contribution >= 4 is 39.7 Å². The van der Waals surface area contributed by atoms with E-state index in [1.807, 2.05) is 36.5 Å². The van der Waals surface area contributed by atoms with E-state index in [4.69, 9.17) is 11.6 Å². The summed E-state index contributed by atoms with van der Waals surface area (Å²) >= 11 is 6.33. The molecule has 0 spiro atoms. The topological polar surface area (TPSA) is 75.1 Å². The molecule has 1 aromatic carbocycles. The van der Waals surface area contributed by atoms with Gasteiger partial charge in [-0.25, -0.2) is 4.98 Å². The second-order valence-electron chi connectivity index (χ2n) is 7.82. The summed E-state index contributed by atoms with van der Waals surface area (Å²) in [5.74, 6) is 0.650. The van der Waals surface area contributed by atoms with Crippen LogP contribution in [0.5, 0.6) is 0 Å². The summed E-state index contributed by atoms with van der Waals surface area (Å²) in [6.45, 7) is 3.84. The normalized spacial score (nSPS) is 14.0. The van der Waals surface area contributed by atoms with E-state index in [-0.39, 0.29) is 5.56 Å². The number of piperazine rings is 1. The molecule has 5 rings (SSSR count). The van der Waals surface area contributed by atoms with Crippen LogP contribution >= 0.6 is 11.6 Å². The summed E-state index contributed by atoms with van der Waals surface area (Å²) in [5, 5.41) is 8.10. The first-order valence-corrected chi connectivity index (χ1v) is 10.9. The van der Waals surface area contributed by atoms with Crippen LogP contribution in [-0.2, 0) is 7.05 Å². The van der Waals surface area contributed by atoms with Gasteiger partial charge in [0.2, 0.25) is 0 Å². The second kappa shape index (κ2) is 8.61. The molecule has 1 aliphatic rings. The van der Waals surface area contributed by atoms with E-state index >= 15 is 0 Å². The Bertz CT molecular complexity index is 1350. The number of aromatic nitrogens is 3. The van der Waals surface area contributed by atoms with E-state index in [0.29, 0.717) is 16.4 Å². The van der Waals surface area contributed by atoms with E-state index in [1.165, 1.54) is 0 Å². The third-order valence-corrected chi connectivity index (χ3v) is 6.08. The van der Waals surface area contributed by atoms with Crippen molar-refractivity contribution in [1.29, 1.82) is 0 Å². The highest BCUT2D eigenvalue weighted by Crippen LogP contribution is 2.28. The first-order valence-electron chi connectivity index (χ1n) is 10.5. The van der Waals surface area contributed by atoms with Crippen LogP contribution in [-0.4, -0.2) is 40.7 Å². The van der Waals surface area contributed by atoms with Gasteiger partial charge in [-0.1, -0.05) is 29.8 Å². The summed E-state index contributed by atoms with van der Waals surface area (Å²) in [6.07, 6.45) is 5.42. The minimum absolute atomic E-state index is 0.106. The average molecular weight is 447 g/mol. The third-order valence-electron chi connectivity index (χ3n) is 5.75. The number of hydrogen-bond donors (Lipinski definition) is 2. The van der Waals surface area contributed by atoms with Crippen LogP contribution < -0.4 is 21.1 Å². The van der Waals surface area contributed by atoms with Crippen molar-refractivity contribution in [2.75, 3.05) is 36.4 Å². The number of benzene rings is 1. The molecule has 4 aromatic rings. The summed E-state index contributed by atoms with van der Waals surface area (Å²) in [5.41, 5.74) is 3.88. The SMILES string of the molecule is Cn1c(=O)c(-c2ccccc2Cl)cc2cnc(Nc3cncc(N4CCNCC4)c3)cc21. The van der Waals surface area contributed by atoms with Gasteiger partial charge in [0.05, 0.1) is 29.3 Å². The predicted octanol–water partition coefficient (Wildman–Crippen LogP) is 3.80. The Morgan fingerprint density at radius 1 is 1.03 bits per heavy atom. The Morgan fingerprint density at radius 3 is 2.66 bits per heavy atom. The summed E-state index contributed by atoms with van der Waals surface area (Å²) < 4.78 is 1.64. The maximum atomic E-state index is 13.1. The summed E-state index contributed by atoms with van der Waals surface area (Å²) in [7, 11) is 1.77. The molecule has 0 atom stereocenters. The average Bonchev–Trinajstić information content (AvgIpc) is 2.83. The molecule has 162 valence electrons. The zero-order chi connectivity index (χ0) is 22.1. The third kappa shape index (κ3) is 3.92. The maximum Gasteiger partial charge on any atom is 0.258 e. The number of hydrogen-bond acceptors (Lipinski definition) is 6. The lowest BCUT2D eigenvalue weighted by molar-refractivity contribution is 0.589. The molecule has 1 fully saturated rings. The largest absolute Gasteiger partial charge is 0.368 e. The van der Waals surface area contributed by atoms with E-state index < -0.39 is 0 Å². The predicted molar refractivity (Wildman–Crippen MR) is 130 cm³/mol. The van der Waals surface area contributed by atoms with Crippen LogP contribution in [0.15, 0.2) is 65.8 Å². The van der Waals surface area contributed by atoms with Gasteiger partial charge in [-0.2, -0.15) is 0 Å². The molecule has 7 nitrogen and oxygen atoms in total. The molecular weight excluding hydrogens is 424 g/mol. The van der Waals surface area contributed by atoms with E-state index in [9.17, 15) is 4.79 Å². The Labute approximate surface area is 190 Å². The number of nitrogens with one attached hydrogen (secondary N) is 2. The van der Waals surface area contributed by atoms with Crippen LogP contribution in [0.1, 0.15) is 0 Å². The molecule has 3 aromatic heterocycles. The van der Waals surface area contributed by atoms with Crippen LogP contribution in [0.4, 0.5) is 17.2 Å². The molecule has 1 saturated heterocycles. The number of anilines is 3. The number of nitrogens with zero attached hydrogens (tertiary/aromatic N) is 4. The first kappa shape index (κ1) is 20.5. The number of rotatable bonds is 4. The molecule has 0 radical (unpaired) electrons. The standard InChI is InChI=1S/C24H23ClN6O/c1-30-22-12-23(29-17-11-18(15-27-14-17)31-8-6-26-7-9-31)28-13-16(22)10-20(24(30)32)19-4-2-3-5-21(19)25/h2-5,10-15,26H,6-9H2,1H3,(H,28,29). The van der Waals surface area contributed by atoms with Gasteiger partial charge in [-0.05, 0) is 18.2 Å². The lowest BCUT2D eigenvalue weighted by atomic mass is 10.1. The molecule has 32 heavy (non-hydrogen) atoms. The molecule has 1 aliphatic heterocycles. The molecule has 4 heterocycles. The fourth-order valence-electron chi connectivity index (χ4n) is 4.05. The van der Waals surface area contributed by atoms with Crippen molar-refractivity contribution in [3.63, 3.8) is 0 Å². The van der Waals surface area contributed by atoms with Crippen molar-refractivity contribution in [2.45, 2.75) is 0 Å². The van der Waals surface area contributed by atoms with Gasteiger partial charge in [-0.3, -0.25) is 9.78 Å². The lowest BCUT2D eigenvalue weighted by Crippen LogP contribution is -2.43. The van der Waals surface area contributed by atoms with Gasteiger partial charge in [0.15, 0.2) is 0 Å². The van der Waals surface area contributed by atoms with Crippen molar-refractivity contribution in [1.82, 2.24) is 19.9 Å². The molecule has 0 saturated carbocycles. The minimum atomic E-state index is -0.106. The van der Waals surface area contributed by atoms with Gasteiger partial charge >= 0.3 is 0 Å². The van der Waals surface area contributed by atoms with Crippen molar-refractivity contribution in [2.24, 2.45) is 7.05 Å². The molecule has 0 aliphatic carbocycles. The first-order chi connectivity index (χ1) is 15.6. The van der Waals surface area contributed by atoms with E-state index in [2.05, 4.69) is 31.6 Å². The van der Waals surface area contributed by atoms with Crippen LogP contribution in [0.2, 0.25) is 5.02 Å². The molecular formula is C24H23ClN6O. The molecule has 0 unspecified atom stereocenters. The van der Waals surface area contributed by atoms with Crippen molar-refractivity contribution < 1.29 is 0 Å². The van der Waals surface area contributed by atoms with Gasteiger partial charge < -0.3 is 20.1 Å². The Balaban J connectivity index is 1.48. The fraction of sp³-hybridized carbons (Fsp3) is 0.208. The van der Waals surface area contributed by atoms with Crippen LogP contribution in [0.3, 0.4) is 0 Å². The van der Waals surface area contributed by atoms with Gasteiger partial charge in [0.1, 0.15) is 5.82 Å². The maximum absolute atomic E-state index is 13.1. The molecule has 0 bridgehead atoms. The van der Waals surface area contributed by atoms with Crippen LogP contribution in [0.25, 0.3) is 22.0 Å².